The van der Waals surface area contributed by atoms with Crippen LogP contribution in [0.3, 0.4) is 0 Å². The van der Waals surface area contributed by atoms with Crippen molar-refractivity contribution >= 4 is 5.91 Å². The molecular weight excluding hydrogens is 775 g/mol. The molecule has 0 saturated carbocycles. The number of carbonyl (C=O) groups is 1. The second kappa shape index (κ2) is 39.5. The summed E-state index contributed by atoms with van der Waals surface area (Å²) in [5.41, 5.74) is 0. The Hall–Kier alpha value is -0.890. The molecule has 0 aromatic rings. The van der Waals surface area contributed by atoms with Crippen molar-refractivity contribution in [2.45, 2.75) is 294 Å². The van der Waals surface area contributed by atoms with Gasteiger partial charge in [-0.3, -0.25) is 4.79 Å². The van der Waals surface area contributed by atoms with E-state index in [1.807, 2.05) is 0 Å². The standard InChI is InChI=1S/C50H99NO10/c1-4-6-7-8-9-10-11-12-13-14-15-16-17-18-19-20-21-24-28-31-34-37-43(54)49(59)51-41(39-60-50-48(58)47(57)46(56)44(38-52)61-50)45(55)42(53)36-33-30-27-25-22-23-26-29-32-35-40(3)5-2/h40-48,50,52-58H,4-39H2,1-3H3,(H,51,59)/t40?,41-,42+,43+,44?,45-,46-,47?,48?,50-/m0/s1. The van der Waals surface area contributed by atoms with E-state index in [0.29, 0.717) is 19.3 Å². The number of unbranched alkanes of at least 4 members (excludes halogenated alkanes) is 28. The van der Waals surface area contributed by atoms with Gasteiger partial charge in [-0.25, -0.2) is 0 Å². The largest absolute Gasteiger partial charge is 0.394 e. The lowest BCUT2D eigenvalue weighted by atomic mass is 9.98. The predicted octanol–water partition coefficient (Wildman–Crippen LogP) is 9.31. The van der Waals surface area contributed by atoms with Gasteiger partial charge >= 0.3 is 0 Å². The molecule has 0 radical (unpaired) electrons. The zero-order valence-corrected chi connectivity index (χ0v) is 39.6. The number of aliphatic hydroxyl groups excluding tert-OH is 7. The van der Waals surface area contributed by atoms with Gasteiger partial charge in [-0.1, -0.05) is 226 Å². The number of hydrogen-bond donors (Lipinski definition) is 8. The average Bonchev–Trinajstić information content (AvgIpc) is 3.26. The minimum atomic E-state index is -1.66. The smallest absolute Gasteiger partial charge is 0.249 e. The third kappa shape index (κ3) is 29.3. The molecule has 1 rings (SSSR count). The molecule has 61 heavy (non-hydrogen) atoms. The van der Waals surface area contributed by atoms with Crippen LogP contribution in [0, 0.1) is 5.92 Å². The zero-order chi connectivity index (χ0) is 44.9. The van der Waals surface area contributed by atoms with Crippen LogP contribution < -0.4 is 5.32 Å². The lowest BCUT2D eigenvalue weighted by molar-refractivity contribution is -0.303. The maximum Gasteiger partial charge on any atom is 0.249 e. The van der Waals surface area contributed by atoms with Gasteiger partial charge in [0, 0.05) is 0 Å². The fourth-order valence-corrected chi connectivity index (χ4v) is 8.54. The first kappa shape index (κ1) is 58.1. The van der Waals surface area contributed by atoms with E-state index in [-0.39, 0.29) is 6.42 Å². The third-order valence-electron chi connectivity index (χ3n) is 13.2. The summed E-state index contributed by atoms with van der Waals surface area (Å²) >= 11 is 0. The van der Waals surface area contributed by atoms with Crippen molar-refractivity contribution in [3.8, 4) is 0 Å². The molecule has 11 heteroatoms. The van der Waals surface area contributed by atoms with E-state index < -0.39 is 74.2 Å². The van der Waals surface area contributed by atoms with Crippen LogP contribution in [-0.2, 0) is 14.3 Å². The van der Waals surface area contributed by atoms with E-state index in [4.69, 9.17) is 9.47 Å². The summed E-state index contributed by atoms with van der Waals surface area (Å²) in [6.45, 7) is 5.79. The Balaban J connectivity index is 2.35. The number of amides is 1. The molecule has 1 amide bonds. The Morgan fingerprint density at radius 3 is 1.36 bits per heavy atom. The van der Waals surface area contributed by atoms with E-state index >= 15 is 0 Å². The molecule has 10 atom stereocenters. The van der Waals surface area contributed by atoms with Crippen molar-refractivity contribution in [3.05, 3.63) is 0 Å². The van der Waals surface area contributed by atoms with Crippen LogP contribution in [0.15, 0.2) is 0 Å². The summed E-state index contributed by atoms with van der Waals surface area (Å²) < 4.78 is 11.1. The van der Waals surface area contributed by atoms with Crippen LogP contribution in [-0.4, -0.2) is 110 Å². The first-order chi connectivity index (χ1) is 29.6. The highest BCUT2D eigenvalue weighted by molar-refractivity contribution is 5.80. The SMILES string of the molecule is CCCCCCCCCCCCCCCCCCCCCCC[C@@H](O)C(=O)N[C@@H](CO[C@H]1OC(CO)[C@H](O)C(O)C1O)[C@H](O)[C@H](O)CCCCCCCCCCCC(C)CC. The highest BCUT2D eigenvalue weighted by Gasteiger charge is 2.44. The molecular formula is C50H99NO10. The average molecular weight is 874 g/mol. The molecule has 0 aromatic carbocycles. The van der Waals surface area contributed by atoms with Crippen LogP contribution in [0.4, 0.5) is 0 Å². The van der Waals surface area contributed by atoms with E-state index in [1.165, 1.54) is 154 Å². The summed E-state index contributed by atoms with van der Waals surface area (Å²) in [6, 6.07) is -1.16. The van der Waals surface area contributed by atoms with Crippen molar-refractivity contribution in [1.82, 2.24) is 5.32 Å². The summed E-state index contributed by atoms with van der Waals surface area (Å²) in [7, 11) is 0. The first-order valence-electron chi connectivity index (χ1n) is 25.8. The molecule has 0 aromatic heterocycles. The van der Waals surface area contributed by atoms with Crippen molar-refractivity contribution < 1.29 is 50.0 Å². The Bertz CT molecular complexity index is 975. The fraction of sp³-hybridized carbons (Fsp3) is 0.980. The second-order valence-electron chi connectivity index (χ2n) is 18.9. The molecule has 1 fully saturated rings. The number of hydrogen-bond acceptors (Lipinski definition) is 10. The molecule has 1 saturated heterocycles. The van der Waals surface area contributed by atoms with Crippen molar-refractivity contribution in [2.24, 2.45) is 5.92 Å². The number of rotatable bonds is 43. The molecule has 1 aliphatic rings. The van der Waals surface area contributed by atoms with Crippen LogP contribution in [0.5, 0.6) is 0 Å². The van der Waals surface area contributed by atoms with Gasteiger partial charge in [-0.05, 0) is 18.8 Å². The number of carbonyl (C=O) groups excluding carboxylic acids is 1. The maximum atomic E-state index is 13.1. The van der Waals surface area contributed by atoms with Gasteiger partial charge in [-0.2, -0.15) is 0 Å². The normalized spacial score (nSPS) is 21.9. The highest BCUT2D eigenvalue weighted by atomic mass is 16.7. The molecule has 11 nitrogen and oxygen atoms in total. The Morgan fingerprint density at radius 2 is 0.951 bits per heavy atom. The fourth-order valence-electron chi connectivity index (χ4n) is 8.54. The topological polar surface area (TPSA) is 189 Å². The zero-order valence-electron chi connectivity index (χ0n) is 39.6. The monoisotopic (exact) mass is 874 g/mol. The van der Waals surface area contributed by atoms with Gasteiger partial charge in [0.25, 0.3) is 0 Å². The van der Waals surface area contributed by atoms with E-state index in [1.54, 1.807) is 0 Å². The molecule has 1 heterocycles. The Morgan fingerprint density at radius 1 is 0.557 bits per heavy atom. The minimum absolute atomic E-state index is 0.266. The first-order valence-corrected chi connectivity index (χ1v) is 25.8. The number of aliphatic hydroxyl groups is 7. The van der Waals surface area contributed by atoms with Crippen molar-refractivity contribution in [2.75, 3.05) is 13.2 Å². The van der Waals surface area contributed by atoms with Crippen LogP contribution in [0.2, 0.25) is 0 Å². The summed E-state index contributed by atoms with van der Waals surface area (Å²) in [5.74, 6) is 0.122. The summed E-state index contributed by atoms with van der Waals surface area (Å²) in [5, 5.41) is 75.8. The number of ether oxygens (including phenoxy) is 2. The number of nitrogens with one attached hydrogen (secondary N) is 1. The van der Waals surface area contributed by atoms with Crippen molar-refractivity contribution in [3.63, 3.8) is 0 Å². The third-order valence-corrected chi connectivity index (χ3v) is 13.2. The molecule has 0 aliphatic carbocycles. The molecule has 4 unspecified atom stereocenters. The van der Waals surface area contributed by atoms with Crippen LogP contribution >= 0.6 is 0 Å². The van der Waals surface area contributed by atoms with Crippen molar-refractivity contribution in [1.29, 1.82) is 0 Å². The van der Waals surface area contributed by atoms with E-state index in [9.17, 15) is 40.5 Å². The Labute approximate surface area is 373 Å². The quantitative estimate of drug-likeness (QED) is 0.0274. The van der Waals surface area contributed by atoms with Crippen LogP contribution in [0.1, 0.15) is 239 Å². The summed E-state index contributed by atoms with van der Waals surface area (Å²) in [6.07, 6.45) is 28.7. The van der Waals surface area contributed by atoms with Crippen LogP contribution in [0.25, 0.3) is 0 Å². The van der Waals surface area contributed by atoms with Gasteiger partial charge in [0.05, 0.1) is 25.4 Å². The van der Waals surface area contributed by atoms with Gasteiger partial charge < -0.3 is 50.5 Å². The highest BCUT2D eigenvalue weighted by Crippen LogP contribution is 2.23. The molecule has 0 bridgehead atoms. The van der Waals surface area contributed by atoms with Gasteiger partial charge in [0.1, 0.15) is 36.6 Å². The van der Waals surface area contributed by atoms with E-state index in [0.717, 1.165) is 44.4 Å². The Kier molecular flexibility index (Phi) is 37.6. The molecule has 1 aliphatic heterocycles. The lowest BCUT2D eigenvalue weighted by Crippen LogP contribution is -2.60. The molecule has 0 spiro atoms. The summed E-state index contributed by atoms with van der Waals surface area (Å²) in [4.78, 5) is 13.1. The molecule has 8 N–H and O–H groups in total. The lowest BCUT2D eigenvalue weighted by Gasteiger charge is -2.40. The van der Waals surface area contributed by atoms with Gasteiger partial charge in [0.2, 0.25) is 5.91 Å². The minimum Gasteiger partial charge on any atom is -0.394 e. The van der Waals surface area contributed by atoms with E-state index in [2.05, 4.69) is 26.1 Å². The predicted molar refractivity (Wildman–Crippen MR) is 247 cm³/mol. The maximum absolute atomic E-state index is 13.1. The van der Waals surface area contributed by atoms with Gasteiger partial charge in [-0.15, -0.1) is 0 Å². The molecule has 364 valence electrons. The second-order valence-corrected chi connectivity index (χ2v) is 18.9. The van der Waals surface area contributed by atoms with Gasteiger partial charge in [0.15, 0.2) is 6.29 Å².